The maximum atomic E-state index is 11.9. The predicted octanol–water partition coefficient (Wildman–Crippen LogP) is 3.85. The van der Waals surface area contributed by atoms with Crippen molar-refractivity contribution in [2.75, 3.05) is 14.2 Å². The third-order valence-corrected chi connectivity index (χ3v) is 3.58. The summed E-state index contributed by atoms with van der Waals surface area (Å²) in [5, 5.41) is 29.0. The number of hydrogen-bond acceptors (Lipinski definition) is 6. The molecule has 0 saturated heterocycles. The van der Waals surface area contributed by atoms with Crippen molar-refractivity contribution in [1.29, 1.82) is 0 Å². The Bertz CT molecular complexity index is 909. The largest absolute Gasteiger partial charge is 0.508 e. The molecular weight excluding hydrogens is 348 g/mol. The van der Waals surface area contributed by atoms with E-state index >= 15 is 0 Å². The fourth-order valence-corrected chi connectivity index (χ4v) is 2.20. The van der Waals surface area contributed by atoms with E-state index in [0.717, 1.165) is 6.08 Å². The maximum Gasteiger partial charge on any atom is 0.182 e. The first-order chi connectivity index (χ1) is 12.9. The minimum atomic E-state index is -0.410. The first-order valence-corrected chi connectivity index (χ1v) is 7.97. The summed E-state index contributed by atoms with van der Waals surface area (Å²) in [5.41, 5.74) is 1.35. The fraction of sp³-hybridized carbons (Fsp3) is 0.0952. The predicted molar refractivity (Wildman–Crippen MR) is 103 cm³/mol. The van der Waals surface area contributed by atoms with E-state index in [-0.39, 0.29) is 17.3 Å². The SMILES string of the molecule is COc1cc(/C=C/C(=O)/C=C(O)\C=C\c2ccc(O)c(OC)c2)ccc1O. The molecular formula is C21H20O6. The van der Waals surface area contributed by atoms with Gasteiger partial charge in [0, 0.05) is 6.08 Å². The molecule has 0 saturated carbocycles. The van der Waals surface area contributed by atoms with Crippen LogP contribution in [-0.4, -0.2) is 35.3 Å². The van der Waals surface area contributed by atoms with Gasteiger partial charge in [-0.15, -0.1) is 0 Å². The van der Waals surface area contributed by atoms with Crippen molar-refractivity contribution in [3.8, 4) is 23.0 Å². The molecule has 0 bridgehead atoms. The van der Waals surface area contributed by atoms with Gasteiger partial charge in [-0.2, -0.15) is 0 Å². The zero-order valence-corrected chi connectivity index (χ0v) is 14.9. The van der Waals surface area contributed by atoms with E-state index in [1.807, 2.05) is 0 Å². The minimum Gasteiger partial charge on any atom is -0.508 e. The first kappa shape index (κ1) is 19.7. The number of methoxy groups -OCH3 is 2. The van der Waals surface area contributed by atoms with Crippen molar-refractivity contribution in [3.05, 3.63) is 71.5 Å². The van der Waals surface area contributed by atoms with Crippen LogP contribution in [0.25, 0.3) is 12.2 Å². The fourth-order valence-electron chi connectivity index (χ4n) is 2.20. The number of benzene rings is 2. The number of phenolic OH excluding ortho intramolecular Hbond substituents is 2. The highest BCUT2D eigenvalue weighted by Crippen LogP contribution is 2.27. The van der Waals surface area contributed by atoms with Crippen LogP contribution < -0.4 is 9.47 Å². The highest BCUT2D eigenvalue weighted by Gasteiger charge is 2.02. The number of ketones is 1. The lowest BCUT2D eigenvalue weighted by Gasteiger charge is -2.03. The van der Waals surface area contributed by atoms with Gasteiger partial charge in [-0.05, 0) is 47.5 Å². The smallest absolute Gasteiger partial charge is 0.182 e. The van der Waals surface area contributed by atoms with Gasteiger partial charge in [-0.25, -0.2) is 0 Å². The van der Waals surface area contributed by atoms with Gasteiger partial charge >= 0.3 is 0 Å². The number of aromatic hydroxyl groups is 2. The number of allylic oxidation sites excluding steroid dienone is 3. The van der Waals surface area contributed by atoms with Crippen LogP contribution >= 0.6 is 0 Å². The first-order valence-electron chi connectivity index (χ1n) is 7.97. The monoisotopic (exact) mass is 368 g/mol. The molecule has 0 atom stereocenters. The Kier molecular flexibility index (Phi) is 6.66. The average molecular weight is 368 g/mol. The molecule has 6 nitrogen and oxygen atoms in total. The standard InChI is InChI=1S/C21H20O6/c1-26-20-11-14(5-9-18(20)24)3-7-16(22)13-17(23)8-4-15-6-10-19(25)21(12-15)27-2/h3-13,22,24-25H,1-2H3/b7-3+,8-4+,16-13+. The zero-order valence-electron chi connectivity index (χ0n) is 14.9. The van der Waals surface area contributed by atoms with Crippen molar-refractivity contribution >= 4 is 17.9 Å². The molecule has 0 aliphatic heterocycles. The molecule has 0 aliphatic carbocycles. The molecule has 2 aromatic rings. The molecule has 0 unspecified atom stereocenters. The molecule has 2 rings (SSSR count). The van der Waals surface area contributed by atoms with Gasteiger partial charge < -0.3 is 24.8 Å². The maximum absolute atomic E-state index is 11.9. The van der Waals surface area contributed by atoms with Crippen LogP contribution in [0.2, 0.25) is 0 Å². The van der Waals surface area contributed by atoms with Gasteiger partial charge in [0.15, 0.2) is 28.8 Å². The summed E-state index contributed by atoms with van der Waals surface area (Å²) < 4.78 is 10.0. The molecule has 0 spiro atoms. The summed E-state index contributed by atoms with van der Waals surface area (Å²) in [6, 6.07) is 9.38. The number of carbonyl (C=O) groups is 1. The summed E-state index contributed by atoms with van der Waals surface area (Å²) in [7, 11) is 2.87. The van der Waals surface area contributed by atoms with E-state index in [1.165, 1.54) is 38.5 Å². The van der Waals surface area contributed by atoms with E-state index in [1.54, 1.807) is 36.4 Å². The number of aliphatic hydroxyl groups is 1. The highest BCUT2D eigenvalue weighted by atomic mass is 16.5. The van der Waals surface area contributed by atoms with Crippen molar-refractivity contribution < 1.29 is 29.6 Å². The summed E-state index contributed by atoms with van der Waals surface area (Å²) in [5.74, 6) is 0.00163. The summed E-state index contributed by atoms with van der Waals surface area (Å²) >= 11 is 0. The Morgan fingerprint density at radius 3 is 1.81 bits per heavy atom. The molecule has 27 heavy (non-hydrogen) atoms. The Labute approximate surface area is 156 Å². The zero-order chi connectivity index (χ0) is 19.8. The summed E-state index contributed by atoms with van der Waals surface area (Å²) in [6.45, 7) is 0. The molecule has 3 N–H and O–H groups in total. The minimum absolute atomic E-state index is 0.00881. The van der Waals surface area contributed by atoms with Crippen LogP contribution in [0.3, 0.4) is 0 Å². The van der Waals surface area contributed by atoms with E-state index in [4.69, 9.17) is 9.47 Å². The number of aliphatic hydroxyl groups excluding tert-OH is 1. The van der Waals surface area contributed by atoms with Gasteiger partial charge in [0.05, 0.1) is 14.2 Å². The third kappa shape index (κ3) is 5.67. The normalized spacial score (nSPS) is 11.9. The number of carbonyl (C=O) groups excluding carboxylic acids is 1. The molecule has 140 valence electrons. The van der Waals surface area contributed by atoms with E-state index < -0.39 is 5.78 Å². The molecule has 0 radical (unpaired) electrons. The molecule has 0 fully saturated rings. The summed E-state index contributed by atoms with van der Waals surface area (Å²) in [6.07, 6.45) is 6.85. The van der Waals surface area contributed by atoms with Gasteiger partial charge in [-0.3, -0.25) is 4.79 Å². The van der Waals surface area contributed by atoms with Crippen molar-refractivity contribution in [2.24, 2.45) is 0 Å². The van der Waals surface area contributed by atoms with Gasteiger partial charge in [0.1, 0.15) is 5.76 Å². The molecule has 0 aromatic heterocycles. The molecule has 2 aromatic carbocycles. The Hall–Kier alpha value is -3.67. The second-order valence-corrected chi connectivity index (χ2v) is 5.50. The van der Waals surface area contributed by atoms with Crippen molar-refractivity contribution in [3.63, 3.8) is 0 Å². The van der Waals surface area contributed by atoms with Crippen LogP contribution in [0.1, 0.15) is 11.1 Å². The van der Waals surface area contributed by atoms with E-state index in [2.05, 4.69) is 0 Å². The van der Waals surface area contributed by atoms with Crippen LogP contribution in [0.5, 0.6) is 23.0 Å². The number of rotatable bonds is 7. The third-order valence-electron chi connectivity index (χ3n) is 3.58. The number of ether oxygens (including phenoxy) is 2. The lowest BCUT2D eigenvalue weighted by Crippen LogP contribution is -1.89. The topological polar surface area (TPSA) is 96.2 Å². The second-order valence-electron chi connectivity index (χ2n) is 5.50. The van der Waals surface area contributed by atoms with Crippen LogP contribution in [-0.2, 0) is 4.79 Å². The molecule has 6 heteroatoms. The van der Waals surface area contributed by atoms with Gasteiger partial charge in [-0.1, -0.05) is 24.3 Å². The lowest BCUT2D eigenvalue weighted by molar-refractivity contribution is -0.110. The van der Waals surface area contributed by atoms with Crippen LogP contribution in [0.4, 0.5) is 0 Å². The Morgan fingerprint density at radius 2 is 1.33 bits per heavy atom. The second kappa shape index (κ2) is 9.15. The van der Waals surface area contributed by atoms with Gasteiger partial charge in [0.25, 0.3) is 0 Å². The van der Waals surface area contributed by atoms with Crippen molar-refractivity contribution in [2.45, 2.75) is 0 Å². The Morgan fingerprint density at radius 1 is 0.852 bits per heavy atom. The number of phenols is 2. The van der Waals surface area contributed by atoms with E-state index in [0.29, 0.717) is 22.6 Å². The Balaban J connectivity index is 2.05. The number of hydrogen-bond donors (Lipinski definition) is 3. The molecule has 0 heterocycles. The highest BCUT2D eigenvalue weighted by molar-refractivity contribution is 6.02. The quantitative estimate of drug-likeness (QED) is 0.390. The molecule has 0 aliphatic rings. The molecule has 0 amide bonds. The van der Waals surface area contributed by atoms with E-state index in [9.17, 15) is 20.1 Å². The van der Waals surface area contributed by atoms with Crippen LogP contribution in [0, 0.1) is 0 Å². The lowest BCUT2D eigenvalue weighted by atomic mass is 10.1. The summed E-state index contributed by atoms with van der Waals surface area (Å²) in [4.78, 5) is 11.9. The van der Waals surface area contributed by atoms with Crippen molar-refractivity contribution in [1.82, 2.24) is 0 Å². The van der Waals surface area contributed by atoms with Gasteiger partial charge in [0.2, 0.25) is 0 Å². The average Bonchev–Trinajstić information content (AvgIpc) is 2.66. The van der Waals surface area contributed by atoms with Crippen LogP contribution in [0.15, 0.2) is 60.4 Å².